The highest BCUT2D eigenvalue weighted by atomic mass is 16.4. The molecule has 3 saturated carbocycles. The second-order valence-electron chi connectivity index (χ2n) is 18.8. The van der Waals surface area contributed by atoms with Crippen LogP contribution in [0.3, 0.4) is 0 Å². The van der Waals surface area contributed by atoms with Crippen molar-refractivity contribution in [3.63, 3.8) is 0 Å². The second kappa shape index (κ2) is 23.3. The molecule has 370 valence electrons. The van der Waals surface area contributed by atoms with Gasteiger partial charge >= 0.3 is 11.9 Å². The molecule has 4 amide bonds. The van der Waals surface area contributed by atoms with Gasteiger partial charge in [0.2, 0.25) is 17.7 Å². The Labute approximate surface area is 405 Å². The van der Waals surface area contributed by atoms with Gasteiger partial charge in [-0.25, -0.2) is 0 Å². The number of Topliss-reactive ketones (excluding diaryl/α,β-unsaturated/α-hetero) is 2. The number of H-pyrrole nitrogens is 2. The van der Waals surface area contributed by atoms with Crippen LogP contribution in [0.25, 0.3) is 21.8 Å². The van der Waals surface area contributed by atoms with Gasteiger partial charge in [-0.05, 0) is 87.1 Å². The summed E-state index contributed by atoms with van der Waals surface area (Å²) in [6.07, 6.45) is 14.5. The standard InChI is InChI=1S/C27H29N3O5.C26H33N3O6/c1-17-8-7-11-19(14-17)29-26(34)24(18-9-3-2-4-10-18)30(16-23(31)32)27(35)25(33)21-15-28-22-13-6-5-12-20(21)22;30-20(31)15-29(26(35)23(32)21-18-13-7-8-14-19(18)28-24(21)33)22(16-9-3-1-4-10-16)25(34)27-17-11-5-2-6-12-17/h5-8,11-15,18,24,28H,2-4,9-10,16H2,1H3,(H,29,34)(H,31,32);7-8,13-14,16-17,22,28,33H,1-6,9-12,15H2,(H,27,34)(H,30,31). The number of carbonyl (C=O) groups is 8. The minimum absolute atomic E-state index is 0.0162. The zero-order valence-corrected chi connectivity index (χ0v) is 39.4. The van der Waals surface area contributed by atoms with Gasteiger partial charge in [-0.2, -0.15) is 0 Å². The molecule has 3 aliphatic rings. The van der Waals surface area contributed by atoms with Crippen LogP contribution < -0.4 is 10.6 Å². The summed E-state index contributed by atoms with van der Waals surface area (Å²) in [6, 6.07) is 18.8. The minimum atomic E-state index is -1.31. The van der Waals surface area contributed by atoms with Gasteiger partial charge in [-0.3, -0.25) is 38.4 Å². The number of nitrogens with zero attached hydrogens (tertiary/aromatic N) is 2. The number of benzene rings is 3. The number of anilines is 1. The van der Waals surface area contributed by atoms with Crippen LogP contribution in [0.4, 0.5) is 5.69 Å². The van der Waals surface area contributed by atoms with E-state index in [1.807, 2.05) is 13.0 Å². The van der Waals surface area contributed by atoms with Crippen molar-refractivity contribution in [2.75, 3.05) is 18.4 Å². The van der Waals surface area contributed by atoms with Crippen molar-refractivity contribution in [2.45, 2.75) is 121 Å². The number of amides is 4. The van der Waals surface area contributed by atoms with Crippen molar-refractivity contribution in [1.82, 2.24) is 25.1 Å². The summed E-state index contributed by atoms with van der Waals surface area (Å²) in [5.74, 6) is -8.37. The predicted octanol–water partition coefficient (Wildman–Crippen LogP) is 7.53. The number of rotatable bonds is 16. The van der Waals surface area contributed by atoms with Crippen LogP contribution in [-0.4, -0.2) is 113 Å². The molecule has 3 aromatic carbocycles. The average Bonchev–Trinajstić information content (AvgIpc) is 3.94. The Morgan fingerprint density at radius 1 is 0.614 bits per heavy atom. The van der Waals surface area contributed by atoms with Gasteiger partial charge in [0.05, 0.1) is 11.1 Å². The van der Waals surface area contributed by atoms with Gasteiger partial charge in [0.25, 0.3) is 23.4 Å². The number of para-hydroxylation sites is 2. The number of carboxylic acid groups (broad SMARTS) is 2. The highest BCUT2D eigenvalue weighted by Crippen LogP contribution is 2.34. The van der Waals surface area contributed by atoms with Crippen LogP contribution in [0.5, 0.6) is 5.88 Å². The minimum Gasteiger partial charge on any atom is -0.494 e. The van der Waals surface area contributed by atoms with Crippen LogP contribution >= 0.6 is 0 Å². The van der Waals surface area contributed by atoms with Crippen molar-refractivity contribution in [3.05, 3.63) is 95.7 Å². The zero-order valence-electron chi connectivity index (χ0n) is 39.4. The molecule has 70 heavy (non-hydrogen) atoms. The molecule has 17 nitrogen and oxygen atoms in total. The molecule has 0 spiro atoms. The fourth-order valence-electron chi connectivity index (χ4n) is 10.6. The predicted molar refractivity (Wildman–Crippen MR) is 261 cm³/mol. The topological polar surface area (TPSA) is 259 Å². The Morgan fingerprint density at radius 2 is 1.13 bits per heavy atom. The number of aromatic amines is 2. The zero-order chi connectivity index (χ0) is 49.9. The number of nitrogens with one attached hydrogen (secondary N) is 4. The third-order valence-corrected chi connectivity index (χ3v) is 13.9. The number of ketones is 2. The van der Waals surface area contributed by atoms with E-state index in [9.17, 15) is 53.7 Å². The first-order valence-corrected chi connectivity index (χ1v) is 24.4. The number of hydrogen-bond donors (Lipinski definition) is 7. The Kier molecular flexibility index (Phi) is 16.9. The number of aryl methyl sites for hydroxylation is 1. The van der Waals surface area contributed by atoms with Crippen molar-refractivity contribution in [2.24, 2.45) is 11.8 Å². The molecule has 17 heteroatoms. The van der Waals surface area contributed by atoms with E-state index in [0.717, 1.165) is 86.0 Å². The first-order chi connectivity index (χ1) is 33.7. The number of aromatic nitrogens is 2. The van der Waals surface area contributed by atoms with Crippen LogP contribution in [0.1, 0.15) is 123 Å². The normalized spacial score (nSPS) is 16.5. The number of aliphatic carboxylic acids is 2. The van der Waals surface area contributed by atoms with Crippen LogP contribution in [0.15, 0.2) is 79.0 Å². The maximum Gasteiger partial charge on any atom is 0.323 e. The van der Waals surface area contributed by atoms with Gasteiger partial charge in [0, 0.05) is 39.7 Å². The van der Waals surface area contributed by atoms with E-state index in [2.05, 4.69) is 20.6 Å². The molecule has 7 N–H and O–H groups in total. The van der Waals surface area contributed by atoms with Crippen LogP contribution in [0, 0.1) is 18.8 Å². The molecule has 0 saturated heterocycles. The quantitative estimate of drug-likeness (QED) is 0.0376. The number of hydrogen-bond acceptors (Lipinski definition) is 9. The molecule has 0 radical (unpaired) electrons. The third-order valence-electron chi connectivity index (χ3n) is 13.9. The lowest BCUT2D eigenvalue weighted by molar-refractivity contribution is -0.148. The lowest BCUT2D eigenvalue weighted by Gasteiger charge is -2.38. The summed E-state index contributed by atoms with van der Waals surface area (Å²) in [5.41, 5.74) is 2.62. The van der Waals surface area contributed by atoms with Crippen LogP contribution in [0.2, 0.25) is 0 Å². The highest BCUT2D eigenvalue weighted by Gasteiger charge is 2.43. The summed E-state index contributed by atoms with van der Waals surface area (Å²) in [5, 5.41) is 36.5. The molecule has 8 rings (SSSR count). The van der Waals surface area contributed by atoms with Crippen molar-refractivity contribution in [3.8, 4) is 5.88 Å². The van der Waals surface area contributed by atoms with Gasteiger partial charge < -0.3 is 45.7 Å². The van der Waals surface area contributed by atoms with Gasteiger partial charge in [-0.1, -0.05) is 106 Å². The molecule has 2 aromatic heterocycles. The summed E-state index contributed by atoms with van der Waals surface area (Å²) in [4.78, 5) is 112. The molecule has 2 heterocycles. The number of aromatic hydroxyl groups is 1. The Hall–Kier alpha value is -7.30. The SMILES string of the molecule is Cc1cccc(NC(=O)C(C2CCCCC2)N(CC(=O)O)C(=O)C(=O)c2c[nH]c3ccccc23)c1.O=C(O)CN(C(=O)C(=O)c1c(O)[nH]c2ccccc12)C(C(=O)NC1CCCCC1)C1CCCCC1. The largest absolute Gasteiger partial charge is 0.494 e. The summed E-state index contributed by atoms with van der Waals surface area (Å²) >= 11 is 0. The molecule has 3 fully saturated rings. The maximum absolute atomic E-state index is 13.6. The highest BCUT2D eigenvalue weighted by molar-refractivity contribution is 6.46. The van der Waals surface area contributed by atoms with Crippen LogP contribution in [-0.2, 0) is 28.8 Å². The van der Waals surface area contributed by atoms with E-state index in [1.165, 1.54) is 6.20 Å². The molecule has 0 bridgehead atoms. The second-order valence-corrected chi connectivity index (χ2v) is 18.8. The molecular formula is C53H62N6O11. The average molecular weight is 959 g/mol. The lowest BCUT2D eigenvalue weighted by Crippen LogP contribution is -2.58. The third kappa shape index (κ3) is 12.1. The smallest absolute Gasteiger partial charge is 0.323 e. The first kappa shape index (κ1) is 50.6. The molecule has 3 aliphatic carbocycles. The van der Waals surface area contributed by atoms with E-state index in [1.54, 1.807) is 66.7 Å². The summed E-state index contributed by atoms with van der Waals surface area (Å²) in [7, 11) is 0. The van der Waals surface area contributed by atoms with Crippen molar-refractivity contribution < 1.29 is 53.7 Å². The van der Waals surface area contributed by atoms with Gasteiger partial charge in [0.15, 0.2) is 0 Å². The van der Waals surface area contributed by atoms with Gasteiger partial charge in [0.1, 0.15) is 25.2 Å². The van der Waals surface area contributed by atoms with Crippen molar-refractivity contribution >= 4 is 74.6 Å². The first-order valence-electron chi connectivity index (χ1n) is 24.4. The monoisotopic (exact) mass is 958 g/mol. The fourth-order valence-corrected chi connectivity index (χ4v) is 10.6. The molecule has 5 aromatic rings. The Balaban J connectivity index is 0.000000206. The van der Waals surface area contributed by atoms with E-state index in [-0.39, 0.29) is 29.0 Å². The summed E-state index contributed by atoms with van der Waals surface area (Å²) in [6.45, 7) is 0.386. The Bertz CT molecular complexity index is 2720. The fraction of sp³-hybridized carbons (Fsp3) is 0.434. The number of carboxylic acids is 2. The van der Waals surface area contributed by atoms with E-state index >= 15 is 0 Å². The van der Waals surface area contributed by atoms with E-state index < -0.39 is 78.2 Å². The Morgan fingerprint density at radius 3 is 1.70 bits per heavy atom. The molecular weight excluding hydrogens is 897 g/mol. The summed E-state index contributed by atoms with van der Waals surface area (Å²) < 4.78 is 0. The number of fused-ring (bicyclic) bond motifs is 2. The van der Waals surface area contributed by atoms with Gasteiger partial charge in [-0.15, -0.1) is 0 Å². The maximum atomic E-state index is 13.6. The van der Waals surface area contributed by atoms with E-state index in [0.29, 0.717) is 53.2 Å². The molecule has 2 unspecified atom stereocenters. The molecule has 2 atom stereocenters. The number of carbonyl (C=O) groups excluding carboxylic acids is 6. The lowest BCUT2D eigenvalue weighted by atomic mass is 9.82. The van der Waals surface area contributed by atoms with E-state index in [4.69, 9.17) is 0 Å². The molecule has 0 aliphatic heterocycles. The van der Waals surface area contributed by atoms with Crippen molar-refractivity contribution in [1.29, 1.82) is 0 Å².